The van der Waals surface area contributed by atoms with Gasteiger partial charge in [-0.1, -0.05) is 31.2 Å². The third-order valence-electron chi connectivity index (χ3n) is 4.94. The normalized spacial score (nSPS) is 17.3. The molecule has 0 amide bonds. The average Bonchev–Trinajstić information content (AvgIpc) is 3.11. The van der Waals surface area contributed by atoms with Gasteiger partial charge in [-0.2, -0.15) is 15.4 Å². The summed E-state index contributed by atoms with van der Waals surface area (Å²) in [5, 5.41) is 11.0. The van der Waals surface area contributed by atoms with Gasteiger partial charge < -0.3 is 4.90 Å². The van der Waals surface area contributed by atoms with Crippen molar-refractivity contribution in [3.63, 3.8) is 0 Å². The minimum atomic E-state index is 0.495. The van der Waals surface area contributed by atoms with Crippen molar-refractivity contribution in [2.45, 2.75) is 12.8 Å². The van der Waals surface area contributed by atoms with Crippen LogP contribution >= 0.6 is 0 Å². The molecule has 0 spiro atoms. The van der Waals surface area contributed by atoms with Crippen LogP contribution in [0.1, 0.15) is 18.4 Å². The summed E-state index contributed by atoms with van der Waals surface area (Å²) in [4.78, 5) is 5.04. The number of fused-ring (bicyclic) bond motifs is 1. The summed E-state index contributed by atoms with van der Waals surface area (Å²) in [5.41, 5.74) is 4.55. The lowest BCUT2D eigenvalue weighted by atomic mass is 9.99. The lowest BCUT2D eigenvalue weighted by Crippen LogP contribution is -2.47. The second-order valence-electron chi connectivity index (χ2n) is 6.60. The number of para-hydroxylation sites is 1. The minimum absolute atomic E-state index is 0.495. The van der Waals surface area contributed by atoms with Crippen molar-refractivity contribution >= 4 is 16.7 Å². The zero-order valence-corrected chi connectivity index (χ0v) is 14.0. The van der Waals surface area contributed by atoms with Gasteiger partial charge in [0.1, 0.15) is 11.0 Å². The van der Waals surface area contributed by atoms with Gasteiger partial charge in [-0.15, -0.1) is 0 Å². The van der Waals surface area contributed by atoms with E-state index in [0.29, 0.717) is 5.92 Å². The molecule has 124 valence electrons. The van der Waals surface area contributed by atoms with Crippen molar-refractivity contribution in [1.82, 2.24) is 20.3 Å². The third-order valence-corrected chi connectivity index (χ3v) is 4.94. The lowest BCUT2D eigenvalue weighted by molar-refractivity contribution is 0.246. The Morgan fingerprint density at radius 3 is 2.50 bits per heavy atom. The average molecular weight is 321 g/mol. The number of nitrogens with zero attached hydrogens (tertiary/aromatic N) is 4. The van der Waals surface area contributed by atoms with E-state index in [-0.39, 0.29) is 0 Å². The number of hydrogen-bond acceptors (Lipinski definition) is 4. The number of H-pyrrole nitrogens is 1. The van der Waals surface area contributed by atoms with E-state index >= 15 is 0 Å². The molecule has 5 nitrogen and oxygen atoms in total. The molecule has 1 saturated heterocycles. The maximum Gasteiger partial charge on any atom is 0.113 e. The van der Waals surface area contributed by atoms with Crippen LogP contribution in [0, 0.1) is 0 Å². The zero-order chi connectivity index (χ0) is 16.4. The first-order valence-electron chi connectivity index (χ1n) is 8.62. The molecule has 1 atom stereocenters. The minimum Gasteiger partial charge on any atom is -0.369 e. The molecule has 0 radical (unpaired) electrons. The van der Waals surface area contributed by atoms with Gasteiger partial charge in [0.05, 0.1) is 0 Å². The summed E-state index contributed by atoms with van der Waals surface area (Å²) in [5.74, 6) is 0.495. The van der Waals surface area contributed by atoms with E-state index in [0.717, 1.165) is 43.8 Å². The molecule has 24 heavy (non-hydrogen) atoms. The Balaban J connectivity index is 1.36. The maximum atomic E-state index is 4.20. The highest BCUT2D eigenvalue weighted by molar-refractivity contribution is 5.74. The fourth-order valence-electron chi connectivity index (χ4n) is 3.48. The Morgan fingerprint density at radius 1 is 0.958 bits per heavy atom. The molecule has 1 N–H and O–H groups in total. The van der Waals surface area contributed by atoms with Crippen LogP contribution in [0.5, 0.6) is 0 Å². The number of hydrogen-bond donors (Lipinski definition) is 1. The Morgan fingerprint density at radius 2 is 1.71 bits per heavy atom. The van der Waals surface area contributed by atoms with Gasteiger partial charge >= 0.3 is 0 Å². The van der Waals surface area contributed by atoms with E-state index in [9.17, 15) is 0 Å². The van der Waals surface area contributed by atoms with Gasteiger partial charge in [0.2, 0.25) is 0 Å². The number of benzene rings is 2. The van der Waals surface area contributed by atoms with Crippen LogP contribution in [0.25, 0.3) is 11.0 Å². The molecule has 3 aromatic rings. The largest absolute Gasteiger partial charge is 0.369 e. The highest BCUT2D eigenvalue weighted by Gasteiger charge is 2.19. The first kappa shape index (κ1) is 15.1. The first-order valence-corrected chi connectivity index (χ1v) is 8.62. The molecular formula is C19H23N5. The van der Waals surface area contributed by atoms with Gasteiger partial charge in [-0.05, 0) is 35.7 Å². The molecule has 1 aliphatic rings. The van der Waals surface area contributed by atoms with E-state index < -0.39 is 0 Å². The summed E-state index contributed by atoms with van der Waals surface area (Å²) >= 11 is 0. The van der Waals surface area contributed by atoms with Crippen molar-refractivity contribution in [3.05, 3.63) is 54.1 Å². The summed E-state index contributed by atoms with van der Waals surface area (Å²) in [7, 11) is 0. The van der Waals surface area contributed by atoms with Gasteiger partial charge in [-0.25, -0.2) is 0 Å². The molecule has 0 bridgehead atoms. The van der Waals surface area contributed by atoms with Crippen molar-refractivity contribution < 1.29 is 0 Å². The monoisotopic (exact) mass is 321 g/mol. The predicted molar refractivity (Wildman–Crippen MR) is 97.4 cm³/mol. The van der Waals surface area contributed by atoms with Crippen molar-refractivity contribution in [2.75, 3.05) is 37.6 Å². The van der Waals surface area contributed by atoms with Crippen LogP contribution < -0.4 is 4.90 Å². The highest BCUT2D eigenvalue weighted by atomic mass is 15.3. The third kappa shape index (κ3) is 3.12. The molecule has 5 heteroatoms. The predicted octanol–water partition coefficient (Wildman–Crippen LogP) is 2.88. The summed E-state index contributed by atoms with van der Waals surface area (Å²) in [6.45, 7) is 7.81. The second kappa shape index (κ2) is 6.61. The van der Waals surface area contributed by atoms with Gasteiger partial charge in [0.15, 0.2) is 0 Å². The Kier molecular flexibility index (Phi) is 4.17. The van der Waals surface area contributed by atoms with Crippen LogP contribution in [0.3, 0.4) is 0 Å². The molecular weight excluding hydrogens is 298 g/mol. The van der Waals surface area contributed by atoms with Crippen molar-refractivity contribution in [2.24, 2.45) is 0 Å². The summed E-state index contributed by atoms with van der Waals surface area (Å²) in [6.07, 6.45) is 0. The number of piperazine rings is 1. The number of rotatable bonds is 4. The fraction of sp³-hybridized carbons (Fsp3) is 0.368. The fourth-order valence-corrected chi connectivity index (χ4v) is 3.48. The van der Waals surface area contributed by atoms with Crippen molar-refractivity contribution in [1.29, 1.82) is 0 Å². The lowest BCUT2D eigenvalue weighted by Gasteiger charge is -2.37. The van der Waals surface area contributed by atoms with Gasteiger partial charge in [-0.3, -0.25) is 4.90 Å². The molecule has 4 rings (SSSR count). The molecule has 1 fully saturated rings. The summed E-state index contributed by atoms with van der Waals surface area (Å²) in [6, 6.07) is 17.1. The molecule has 2 heterocycles. The van der Waals surface area contributed by atoms with E-state index in [1.165, 1.54) is 11.3 Å². The Bertz CT molecular complexity index is 790. The first-order chi connectivity index (χ1) is 11.8. The zero-order valence-electron chi connectivity index (χ0n) is 14.0. The topological polar surface area (TPSA) is 48.0 Å². The quantitative estimate of drug-likeness (QED) is 0.803. The van der Waals surface area contributed by atoms with Crippen LogP contribution in [-0.4, -0.2) is 53.0 Å². The highest BCUT2D eigenvalue weighted by Crippen LogP contribution is 2.22. The van der Waals surface area contributed by atoms with E-state index in [1.54, 1.807) is 0 Å². The molecule has 0 saturated carbocycles. The second-order valence-corrected chi connectivity index (χ2v) is 6.60. The molecule has 2 aromatic carbocycles. The SMILES string of the molecule is CC(CN1CCN(c2ccccc2)CC1)c1ccc2n[nH]nc2c1. The Labute approximate surface area is 142 Å². The summed E-state index contributed by atoms with van der Waals surface area (Å²) < 4.78 is 0. The van der Waals surface area contributed by atoms with E-state index in [1.807, 2.05) is 0 Å². The van der Waals surface area contributed by atoms with Crippen molar-refractivity contribution in [3.8, 4) is 0 Å². The molecule has 1 unspecified atom stereocenters. The molecule has 0 aliphatic carbocycles. The van der Waals surface area contributed by atoms with E-state index in [2.05, 4.69) is 80.7 Å². The molecule has 1 aromatic heterocycles. The Hall–Kier alpha value is -2.40. The van der Waals surface area contributed by atoms with Gasteiger partial charge in [0, 0.05) is 38.4 Å². The van der Waals surface area contributed by atoms with Crippen LogP contribution in [-0.2, 0) is 0 Å². The van der Waals surface area contributed by atoms with Gasteiger partial charge in [0.25, 0.3) is 0 Å². The van der Waals surface area contributed by atoms with Crippen LogP contribution in [0.2, 0.25) is 0 Å². The standard InChI is InChI=1S/C19H23N5/c1-15(16-7-8-18-19(13-16)21-22-20-18)14-23-9-11-24(12-10-23)17-5-3-2-4-6-17/h2-8,13,15H,9-12,14H2,1H3,(H,20,21,22). The van der Waals surface area contributed by atoms with Crippen LogP contribution in [0.4, 0.5) is 5.69 Å². The number of nitrogens with one attached hydrogen (secondary N) is 1. The number of aromatic amines is 1. The smallest absolute Gasteiger partial charge is 0.113 e. The maximum absolute atomic E-state index is 4.20. The van der Waals surface area contributed by atoms with E-state index in [4.69, 9.17) is 0 Å². The number of aromatic nitrogens is 3. The molecule has 1 aliphatic heterocycles. The number of anilines is 1. The van der Waals surface area contributed by atoms with Crippen LogP contribution in [0.15, 0.2) is 48.5 Å².